The van der Waals surface area contributed by atoms with Crippen LogP contribution < -0.4 is 0 Å². The number of carbonyl (C=O) groups is 1. The van der Waals surface area contributed by atoms with Gasteiger partial charge in [0.05, 0.1) is 12.8 Å². The zero-order chi connectivity index (χ0) is 16.3. The normalized spacial score (nSPS) is 17.6. The van der Waals surface area contributed by atoms with Crippen molar-refractivity contribution in [2.24, 2.45) is 0 Å². The van der Waals surface area contributed by atoms with Crippen molar-refractivity contribution in [1.82, 2.24) is 19.3 Å². The summed E-state index contributed by atoms with van der Waals surface area (Å²) in [6.45, 7) is 3.04. The van der Waals surface area contributed by atoms with E-state index < -0.39 is 10.0 Å². The maximum absolute atomic E-state index is 11.5. The van der Waals surface area contributed by atoms with E-state index in [-0.39, 0.29) is 11.8 Å². The Morgan fingerprint density at radius 1 is 1.41 bits per heavy atom. The van der Waals surface area contributed by atoms with Crippen LogP contribution in [0, 0.1) is 0 Å². The lowest BCUT2D eigenvalue weighted by Gasteiger charge is -2.28. The highest BCUT2D eigenvalue weighted by atomic mass is 32.2. The predicted molar refractivity (Wildman–Crippen MR) is 79.5 cm³/mol. The van der Waals surface area contributed by atoms with E-state index >= 15 is 0 Å². The van der Waals surface area contributed by atoms with E-state index in [2.05, 4.69) is 10.1 Å². The predicted octanol–water partition coefficient (Wildman–Crippen LogP) is 0.577. The number of hydrogen-bond acceptors (Lipinski definition) is 6. The van der Waals surface area contributed by atoms with Gasteiger partial charge in [0.15, 0.2) is 5.82 Å². The second-order valence-corrected chi connectivity index (χ2v) is 7.57. The van der Waals surface area contributed by atoms with E-state index in [9.17, 15) is 13.2 Å². The summed E-state index contributed by atoms with van der Waals surface area (Å²) in [6, 6.07) is 0. The fraction of sp³-hybridized carbons (Fsp3) is 0.769. The Morgan fingerprint density at radius 2 is 2.05 bits per heavy atom. The third-order valence-electron chi connectivity index (χ3n) is 3.87. The smallest absolute Gasteiger partial charge is 0.246 e. The monoisotopic (exact) mass is 330 g/mol. The minimum absolute atomic E-state index is 0.0150. The summed E-state index contributed by atoms with van der Waals surface area (Å²) < 4.78 is 29.6. The lowest BCUT2D eigenvalue weighted by atomic mass is 9.98. The SMILES string of the molecule is CCC(=O)N(C)Cc1nc(C2CCN(S(C)(=O)=O)CC2)no1. The van der Waals surface area contributed by atoms with Gasteiger partial charge in [-0.1, -0.05) is 12.1 Å². The van der Waals surface area contributed by atoms with Crippen LogP contribution in [0.5, 0.6) is 0 Å². The molecule has 1 aliphatic rings. The first kappa shape index (κ1) is 16.9. The van der Waals surface area contributed by atoms with Crippen LogP contribution in [-0.2, 0) is 21.4 Å². The molecule has 1 aromatic rings. The molecular formula is C13H22N4O4S. The summed E-state index contributed by atoms with van der Waals surface area (Å²) in [5.74, 6) is 1.12. The summed E-state index contributed by atoms with van der Waals surface area (Å²) in [6.07, 6.45) is 3.01. The number of amides is 1. The summed E-state index contributed by atoms with van der Waals surface area (Å²) in [4.78, 5) is 17.4. The van der Waals surface area contributed by atoms with E-state index in [1.54, 1.807) is 18.9 Å². The van der Waals surface area contributed by atoms with E-state index in [0.29, 0.717) is 50.6 Å². The Labute approximate surface area is 130 Å². The maximum Gasteiger partial charge on any atom is 0.246 e. The van der Waals surface area contributed by atoms with Crippen LogP contribution in [0.15, 0.2) is 4.52 Å². The lowest BCUT2D eigenvalue weighted by Crippen LogP contribution is -2.37. The number of hydrogen-bond donors (Lipinski definition) is 0. The Hall–Kier alpha value is -1.48. The van der Waals surface area contributed by atoms with Gasteiger partial charge in [-0.25, -0.2) is 12.7 Å². The van der Waals surface area contributed by atoms with Gasteiger partial charge < -0.3 is 9.42 Å². The highest BCUT2D eigenvalue weighted by Crippen LogP contribution is 2.27. The van der Waals surface area contributed by atoms with Gasteiger partial charge in [0.1, 0.15) is 0 Å². The van der Waals surface area contributed by atoms with Crippen molar-refractivity contribution in [2.45, 2.75) is 38.6 Å². The van der Waals surface area contributed by atoms with Gasteiger partial charge in [-0.15, -0.1) is 0 Å². The molecule has 8 nitrogen and oxygen atoms in total. The van der Waals surface area contributed by atoms with Crippen LogP contribution in [-0.4, -0.2) is 60.1 Å². The van der Waals surface area contributed by atoms with Gasteiger partial charge in [0.2, 0.25) is 21.8 Å². The number of nitrogens with zero attached hydrogens (tertiary/aromatic N) is 4. The van der Waals surface area contributed by atoms with Gasteiger partial charge in [0.25, 0.3) is 0 Å². The number of sulfonamides is 1. The minimum atomic E-state index is -3.13. The molecule has 22 heavy (non-hydrogen) atoms. The summed E-state index contributed by atoms with van der Waals surface area (Å²) in [7, 11) is -1.43. The molecule has 0 aliphatic carbocycles. The zero-order valence-electron chi connectivity index (χ0n) is 13.2. The van der Waals surface area contributed by atoms with E-state index in [1.807, 2.05) is 0 Å². The minimum Gasteiger partial charge on any atom is -0.337 e. The molecule has 0 atom stereocenters. The molecular weight excluding hydrogens is 308 g/mol. The summed E-state index contributed by atoms with van der Waals surface area (Å²) in [5.41, 5.74) is 0. The number of piperidine rings is 1. The molecule has 124 valence electrons. The molecule has 0 bridgehead atoms. The maximum atomic E-state index is 11.5. The van der Waals surface area contributed by atoms with Crippen molar-refractivity contribution in [2.75, 3.05) is 26.4 Å². The fourth-order valence-electron chi connectivity index (χ4n) is 2.50. The zero-order valence-corrected chi connectivity index (χ0v) is 14.0. The van der Waals surface area contributed by atoms with Crippen molar-refractivity contribution in [3.05, 3.63) is 11.7 Å². The van der Waals surface area contributed by atoms with Crippen molar-refractivity contribution in [1.29, 1.82) is 0 Å². The molecule has 1 aromatic heterocycles. The second-order valence-electron chi connectivity index (χ2n) is 5.59. The van der Waals surface area contributed by atoms with Crippen molar-refractivity contribution in [3.8, 4) is 0 Å². The molecule has 9 heteroatoms. The Balaban J connectivity index is 1.94. The van der Waals surface area contributed by atoms with Crippen molar-refractivity contribution >= 4 is 15.9 Å². The molecule has 1 aliphatic heterocycles. The first-order chi connectivity index (χ1) is 10.3. The van der Waals surface area contributed by atoms with Gasteiger partial charge in [-0.2, -0.15) is 4.98 Å². The van der Waals surface area contributed by atoms with Crippen molar-refractivity contribution in [3.63, 3.8) is 0 Å². The van der Waals surface area contributed by atoms with Gasteiger partial charge in [-0.05, 0) is 12.8 Å². The van der Waals surface area contributed by atoms with Crippen LogP contribution in [0.1, 0.15) is 43.8 Å². The largest absolute Gasteiger partial charge is 0.337 e. The topological polar surface area (TPSA) is 96.6 Å². The average Bonchev–Trinajstić information content (AvgIpc) is 2.94. The molecule has 0 N–H and O–H groups in total. The fourth-order valence-corrected chi connectivity index (χ4v) is 3.38. The summed E-state index contributed by atoms with van der Waals surface area (Å²) >= 11 is 0. The highest BCUT2D eigenvalue weighted by Gasteiger charge is 2.28. The van der Waals surface area contributed by atoms with Crippen LogP contribution in [0.4, 0.5) is 0 Å². The quantitative estimate of drug-likeness (QED) is 0.783. The third kappa shape index (κ3) is 4.04. The first-order valence-corrected chi connectivity index (χ1v) is 9.17. The number of aromatic nitrogens is 2. The van der Waals surface area contributed by atoms with Gasteiger partial charge in [0, 0.05) is 32.5 Å². The lowest BCUT2D eigenvalue weighted by molar-refractivity contribution is -0.130. The molecule has 1 saturated heterocycles. The van der Waals surface area contributed by atoms with Crippen LogP contribution >= 0.6 is 0 Å². The molecule has 0 spiro atoms. The molecule has 2 rings (SSSR count). The van der Waals surface area contributed by atoms with Crippen LogP contribution in [0.25, 0.3) is 0 Å². The molecule has 0 aromatic carbocycles. The Morgan fingerprint density at radius 3 is 2.59 bits per heavy atom. The standard InChI is InChI=1S/C13H22N4O4S/c1-4-12(18)16(2)9-11-14-13(15-21-11)10-5-7-17(8-6-10)22(3,19)20/h10H,4-9H2,1-3H3. The molecule has 1 amide bonds. The average molecular weight is 330 g/mol. The first-order valence-electron chi connectivity index (χ1n) is 7.32. The van der Waals surface area contributed by atoms with Crippen LogP contribution in [0.3, 0.4) is 0 Å². The van der Waals surface area contributed by atoms with Crippen molar-refractivity contribution < 1.29 is 17.7 Å². The summed E-state index contributed by atoms with van der Waals surface area (Å²) in [5, 5.41) is 3.97. The second kappa shape index (κ2) is 6.74. The van der Waals surface area contributed by atoms with Gasteiger partial charge in [-0.3, -0.25) is 4.79 Å². The third-order valence-corrected chi connectivity index (χ3v) is 5.18. The Bertz CT molecular complexity index is 620. The molecule has 0 radical (unpaired) electrons. The van der Waals surface area contributed by atoms with E-state index in [1.165, 1.54) is 10.6 Å². The number of rotatable bonds is 5. The molecule has 2 heterocycles. The van der Waals surface area contributed by atoms with E-state index in [0.717, 1.165) is 0 Å². The number of carbonyl (C=O) groups excluding carboxylic acids is 1. The van der Waals surface area contributed by atoms with E-state index in [4.69, 9.17) is 4.52 Å². The Kier molecular flexibility index (Phi) is 5.17. The molecule has 0 unspecified atom stereocenters. The van der Waals surface area contributed by atoms with Gasteiger partial charge >= 0.3 is 0 Å². The van der Waals surface area contributed by atoms with Crippen LogP contribution in [0.2, 0.25) is 0 Å². The molecule has 1 fully saturated rings. The highest BCUT2D eigenvalue weighted by molar-refractivity contribution is 7.88. The molecule has 0 saturated carbocycles.